The molecule has 0 fully saturated rings. The Bertz CT molecular complexity index is 646. The summed E-state index contributed by atoms with van der Waals surface area (Å²) >= 11 is 2.98. The Morgan fingerprint density at radius 2 is 2.05 bits per heavy atom. The van der Waals surface area contributed by atoms with Crippen molar-refractivity contribution in [2.24, 2.45) is 0 Å². The van der Waals surface area contributed by atoms with Gasteiger partial charge in [0, 0.05) is 5.56 Å². The van der Waals surface area contributed by atoms with Crippen molar-refractivity contribution in [3.05, 3.63) is 57.6 Å². The Balaban J connectivity index is 2.46. The van der Waals surface area contributed by atoms with Gasteiger partial charge in [-0.15, -0.1) is 0 Å². The van der Waals surface area contributed by atoms with Crippen molar-refractivity contribution in [3.8, 4) is 5.75 Å². The lowest BCUT2D eigenvalue weighted by atomic mass is 10.1. The lowest BCUT2D eigenvalue weighted by Gasteiger charge is -2.05. The molecule has 0 aliphatic rings. The molecule has 19 heavy (non-hydrogen) atoms. The first kappa shape index (κ1) is 13.6. The van der Waals surface area contributed by atoms with Crippen LogP contribution < -0.4 is 0 Å². The molecule has 0 saturated heterocycles. The van der Waals surface area contributed by atoms with Gasteiger partial charge in [-0.2, -0.15) is 0 Å². The van der Waals surface area contributed by atoms with E-state index in [1.54, 1.807) is 0 Å². The van der Waals surface area contributed by atoms with Crippen molar-refractivity contribution in [2.45, 2.75) is 6.61 Å². The van der Waals surface area contributed by atoms with Crippen LogP contribution >= 0.6 is 15.9 Å². The fourth-order valence-corrected chi connectivity index (χ4v) is 1.90. The molecule has 0 amide bonds. The van der Waals surface area contributed by atoms with Crippen molar-refractivity contribution in [2.75, 3.05) is 0 Å². The topological polar surface area (TPSA) is 70.4 Å². The van der Waals surface area contributed by atoms with Gasteiger partial charge in [0.15, 0.2) is 5.69 Å². The van der Waals surface area contributed by atoms with Crippen molar-refractivity contribution in [1.82, 2.24) is 4.98 Å². The largest absolute Gasteiger partial charge is 0.506 e. The van der Waals surface area contributed by atoms with Gasteiger partial charge in [0.2, 0.25) is 5.78 Å². The van der Waals surface area contributed by atoms with Gasteiger partial charge < -0.3 is 10.2 Å². The van der Waals surface area contributed by atoms with E-state index >= 15 is 0 Å². The van der Waals surface area contributed by atoms with E-state index in [0.717, 1.165) is 6.07 Å². The maximum Gasteiger partial charge on any atom is 0.215 e. The number of aliphatic hydroxyl groups is 1. The summed E-state index contributed by atoms with van der Waals surface area (Å²) in [4.78, 5) is 16.0. The van der Waals surface area contributed by atoms with Gasteiger partial charge in [-0.3, -0.25) is 4.79 Å². The summed E-state index contributed by atoms with van der Waals surface area (Å²) < 4.78 is 13.3. The Morgan fingerprint density at radius 1 is 1.32 bits per heavy atom. The first-order valence-electron chi connectivity index (χ1n) is 5.32. The summed E-state index contributed by atoms with van der Waals surface area (Å²) in [5, 5.41) is 18.6. The van der Waals surface area contributed by atoms with Crippen LogP contribution in [-0.2, 0) is 6.61 Å². The fraction of sp³-hybridized carbons (Fsp3) is 0.0769. The van der Waals surface area contributed by atoms with Crippen LogP contribution in [0, 0.1) is 5.82 Å². The van der Waals surface area contributed by atoms with E-state index in [2.05, 4.69) is 20.9 Å². The number of halogens is 2. The molecular weight excluding hydrogens is 317 g/mol. The Labute approximate surface area is 116 Å². The van der Waals surface area contributed by atoms with E-state index < -0.39 is 11.6 Å². The minimum Gasteiger partial charge on any atom is -0.506 e. The van der Waals surface area contributed by atoms with Crippen molar-refractivity contribution in [3.63, 3.8) is 0 Å². The number of hydrogen-bond donors (Lipinski definition) is 2. The highest BCUT2D eigenvalue weighted by molar-refractivity contribution is 9.10. The number of aliphatic hydroxyl groups excluding tert-OH is 1. The average Bonchev–Trinajstić information content (AvgIpc) is 2.41. The molecule has 0 bridgehead atoms. The minimum atomic E-state index is -0.548. The minimum absolute atomic E-state index is 0.149. The molecule has 2 rings (SSSR count). The van der Waals surface area contributed by atoms with E-state index in [1.807, 2.05) is 0 Å². The van der Waals surface area contributed by atoms with Crippen LogP contribution in [0.25, 0.3) is 0 Å². The number of pyridine rings is 1. The predicted molar refractivity (Wildman–Crippen MR) is 69.4 cm³/mol. The van der Waals surface area contributed by atoms with E-state index in [9.17, 15) is 14.3 Å². The maximum atomic E-state index is 13.1. The van der Waals surface area contributed by atoms with E-state index in [4.69, 9.17) is 5.11 Å². The van der Waals surface area contributed by atoms with E-state index in [1.165, 1.54) is 24.3 Å². The zero-order chi connectivity index (χ0) is 14.0. The SMILES string of the molecule is O=C(c1ccc(F)c(Br)c1)c1nc(CO)ccc1O. The molecule has 0 saturated carbocycles. The van der Waals surface area contributed by atoms with Crippen LogP contribution in [0.4, 0.5) is 4.39 Å². The summed E-state index contributed by atoms with van der Waals surface area (Å²) in [6.07, 6.45) is 0. The summed E-state index contributed by atoms with van der Waals surface area (Å²) in [5.41, 5.74) is 0.276. The number of hydrogen-bond acceptors (Lipinski definition) is 4. The van der Waals surface area contributed by atoms with E-state index in [-0.39, 0.29) is 33.8 Å². The third kappa shape index (κ3) is 2.80. The molecule has 1 aromatic heterocycles. The zero-order valence-corrected chi connectivity index (χ0v) is 11.2. The number of rotatable bonds is 3. The second-order valence-corrected chi connectivity index (χ2v) is 4.64. The maximum absolute atomic E-state index is 13.1. The third-order valence-electron chi connectivity index (χ3n) is 2.49. The number of carbonyl (C=O) groups excluding carboxylic acids is 1. The number of aromatic nitrogens is 1. The monoisotopic (exact) mass is 325 g/mol. The number of nitrogens with zero attached hydrogens (tertiary/aromatic N) is 1. The highest BCUT2D eigenvalue weighted by Crippen LogP contribution is 2.22. The van der Waals surface area contributed by atoms with E-state index in [0.29, 0.717) is 0 Å². The highest BCUT2D eigenvalue weighted by atomic mass is 79.9. The van der Waals surface area contributed by atoms with Gasteiger partial charge in [0.25, 0.3) is 0 Å². The van der Waals surface area contributed by atoms with Crippen molar-refractivity contribution >= 4 is 21.7 Å². The molecule has 2 N–H and O–H groups in total. The lowest BCUT2D eigenvalue weighted by Crippen LogP contribution is -2.06. The number of ketones is 1. The molecule has 0 atom stereocenters. The summed E-state index contributed by atoms with van der Waals surface area (Å²) in [6, 6.07) is 6.45. The fourth-order valence-electron chi connectivity index (χ4n) is 1.52. The first-order chi connectivity index (χ1) is 9.02. The smallest absolute Gasteiger partial charge is 0.215 e. The van der Waals surface area contributed by atoms with Crippen LogP contribution in [0.1, 0.15) is 21.7 Å². The van der Waals surface area contributed by atoms with Gasteiger partial charge in [0.05, 0.1) is 16.8 Å². The average molecular weight is 326 g/mol. The zero-order valence-electron chi connectivity index (χ0n) is 9.60. The predicted octanol–water partition coefficient (Wildman–Crippen LogP) is 2.41. The molecule has 1 aromatic carbocycles. The summed E-state index contributed by atoms with van der Waals surface area (Å²) in [7, 11) is 0. The number of aromatic hydroxyl groups is 1. The standard InChI is InChI=1S/C13H9BrFNO3/c14-9-5-7(1-3-10(9)15)13(19)12-11(18)4-2-8(6-17)16-12/h1-5,17-18H,6H2. The molecule has 98 valence electrons. The molecule has 0 radical (unpaired) electrons. The van der Waals surface area contributed by atoms with Gasteiger partial charge in [0.1, 0.15) is 11.6 Å². The summed E-state index contributed by atoms with van der Waals surface area (Å²) in [6.45, 7) is -0.340. The molecule has 0 spiro atoms. The first-order valence-corrected chi connectivity index (χ1v) is 6.11. The van der Waals surface area contributed by atoms with Gasteiger partial charge >= 0.3 is 0 Å². The van der Waals surface area contributed by atoms with Crippen molar-refractivity contribution < 1.29 is 19.4 Å². The molecule has 2 aromatic rings. The molecule has 0 aliphatic carbocycles. The van der Waals surface area contributed by atoms with Crippen LogP contribution in [-0.4, -0.2) is 21.0 Å². The van der Waals surface area contributed by atoms with Crippen LogP contribution in [0.15, 0.2) is 34.8 Å². The normalized spacial score (nSPS) is 10.5. The van der Waals surface area contributed by atoms with Gasteiger partial charge in [-0.25, -0.2) is 9.37 Å². The van der Waals surface area contributed by atoms with Crippen LogP contribution in [0.5, 0.6) is 5.75 Å². The van der Waals surface area contributed by atoms with Gasteiger partial charge in [-0.1, -0.05) is 0 Å². The molecule has 0 unspecified atom stereocenters. The Morgan fingerprint density at radius 3 is 2.68 bits per heavy atom. The molecular formula is C13H9BrFNO3. The Kier molecular flexibility index (Phi) is 3.92. The number of carbonyl (C=O) groups is 1. The molecule has 4 nitrogen and oxygen atoms in total. The molecule has 1 heterocycles. The highest BCUT2D eigenvalue weighted by Gasteiger charge is 2.17. The molecule has 0 aliphatic heterocycles. The quantitative estimate of drug-likeness (QED) is 0.850. The molecule has 6 heteroatoms. The Hall–Kier alpha value is -1.79. The lowest BCUT2D eigenvalue weighted by molar-refractivity contribution is 0.103. The number of benzene rings is 1. The summed E-state index contributed by atoms with van der Waals surface area (Å²) in [5.74, 6) is -1.33. The van der Waals surface area contributed by atoms with Gasteiger partial charge in [-0.05, 0) is 46.3 Å². The second kappa shape index (κ2) is 5.46. The van der Waals surface area contributed by atoms with Crippen LogP contribution in [0.2, 0.25) is 0 Å². The van der Waals surface area contributed by atoms with Crippen LogP contribution in [0.3, 0.4) is 0 Å². The van der Waals surface area contributed by atoms with Crippen molar-refractivity contribution in [1.29, 1.82) is 0 Å². The third-order valence-corrected chi connectivity index (χ3v) is 3.10. The second-order valence-electron chi connectivity index (χ2n) is 3.79.